The Bertz CT molecular complexity index is 228. The molecule has 5 atom stereocenters. The molecule has 14 heavy (non-hydrogen) atoms. The van der Waals surface area contributed by atoms with Crippen LogP contribution >= 0.6 is 22.9 Å². The summed E-state index contributed by atoms with van der Waals surface area (Å²) in [5.41, 5.74) is 5.30. The molecule has 82 valence electrons. The molecule has 1 aliphatic rings. The molecule has 0 aromatic heterocycles. The summed E-state index contributed by atoms with van der Waals surface area (Å²) in [4.78, 5) is 11.1. The second-order valence-corrected chi connectivity index (χ2v) is 3.50. The highest BCUT2D eigenvalue weighted by atomic mass is 127. The first-order valence-corrected chi connectivity index (χ1v) is 4.92. The first-order valence-electron chi connectivity index (χ1n) is 3.84. The van der Waals surface area contributed by atoms with Gasteiger partial charge in [-0.05, 0) is 0 Å². The molecule has 0 bridgehead atoms. The SMILES string of the molecule is N[C@@H]1C(O)[C@@H](O)[C@@H](C(=O)NI)O[C@H]1O. The van der Waals surface area contributed by atoms with Crippen molar-refractivity contribution in [2.75, 3.05) is 0 Å². The van der Waals surface area contributed by atoms with Gasteiger partial charge in [0.05, 0.1) is 28.9 Å². The molecule has 0 spiro atoms. The molecule has 0 aliphatic carbocycles. The molecule has 0 saturated carbocycles. The van der Waals surface area contributed by atoms with Gasteiger partial charge in [0.1, 0.15) is 12.2 Å². The van der Waals surface area contributed by atoms with Gasteiger partial charge in [0.25, 0.3) is 5.91 Å². The molecule has 1 heterocycles. The van der Waals surface area contributed by atoms with Crippen molar-refractivity contribution in [3.63, 3.8) is 0 Å². The largest absolute Gasteiger partial charge is 0.388 e. The van der Waals surface area contributed by atoms with E-state index in [9.17, 15) is 20.1 Å². The van der Waals surface area contributed by atoms with Crippen molar-refractivity contribution >= 4 is 28.8 Å². The molecule has 1 aliphatic heterocycles. The van der Waals surface area contributed by atoms with Gasteiger partial charge >= 0.3 is 0 Å². The van der Waals surface area contributed by atoms with E-state index in [1.54, 1.807) is 22.9 Å². The van der Waals surface area contributed by atoms with Gasteiger partial charge < -0.3 is 25.8 Å². The Morgan fingerprint density at radius 3 is 2.43 bits per heavy atom. The Hall–Kier alpha value is -0.0000000000000000416. The van der Waals surface area contributed by atoms with E-state index in [4.69, 9.17) is 10.5 Å². The summed E-state index contributed by atoms with van der Waals surface area (Å²) in [5, 5.41) is 27.9. The van der Waals surface area contributed by atoms with Crippen LogP contribution in [0, 0.1) is 0 Å². The summed E-state index contributed by atoms with van der Waals surface area (Å²) in [6.07, 6.45) is -5.61. The van der Waals surface area contributed by atoms with Crippen LogP contribution in [-0.4, -0.2) is 51.9 Å². The number of aliphatic hydroxyl groups excluding tert-OH is 3. The monoisotopic (exact) mass is 318 g/mol. The van der Waals surface area contributed by atoms with Crippen molar-refractivity contribution in [3.05, 3.63) is 0 Å². The van der Waals surface area contributed by atoms with Crippen LogP contribution in [0.4, 0.5) is 0 Å². The van der Waals surface area contributed by atoms with E-state index in [2.05, 4.69) is 3.53 Å². The van der Waals surface area contributed by atoms with Crippen LogP contribution in [0.3, 0.4) is 0 Å². The number of carbonyl (C=O) groups excluding carboxylic acids is 1. The summed E-state index contributed by atoms with van der Waals surface area (Å²) < 4.78 is 6.94. The third-order valence-corrected chi connectivity index (χ3v) is 2.55. The Morgan fingerprint density at radius 2 is 1.93 bits per heavy atom. The zero-order valence-corrected chi connectivity index (χ0v) is 9.16. The molecular formula is C6H11IN2O5. The van der Waals surface area contributed by atoms with Crippen molar-refractivity contribution in [2.45, 2.75) is 30.6 Å². The first-order chi connectivity index (χ1) is 6.49. The van der Waals surface area contributed by atoms with E-state index >= 15 is 0 Å². The fourth-order valence-electron chi connectivity index (χ4n) is 1.17. The quantitative estimate of drug-likeness (QED) is 0.263. The second kappa shape index (κ2) is 4.68. The normalized spacial score (nSPS) is 43.4. The predicted octanol–water partition coefficient (Wildman–Crippen LogP) is -2.78. The molecule has 1 saturated heterocycles. The fourth-order valence-corrected chi connectivity index (χ4v) is 1.47. The molecule has 1 amide bonds. The van der Waals surface area contributed by atoms with Gasteiger partial charge in [-0.2, -0.15) is 0 Å². The third kappa shape index (κ3) is 2.15. The van der Waals surface area contributed by atoms with Gasteiger partial charge in [-0.3, -0.25) is 8.32 Å². The summed E-state index contributed by atoms with van der Waals surface area (Å²) >= 11 is 1.56. The van der Waals surface area contributed by atoms with Gasteiger partial charge in [-0.25, -0.2) is 0 Å². The highest BCUT2D eigenvalue weighted by Gasteiger charge is 2.45. The number of rotatable bonds is 1. The molecule has 7 nitrogen and oxygen atoms in total. The van der Waals surface area contributed by atoms with Crippen molar-refractivity contribution < 1.29 is 24.9 Å². The molecule has 0 radical (unpaired) electrons. The number of amides is 1. The molecule has 0 aromatic rings. The minimum Gasteiger partial charge on any atom is -0.388 e. The summed E-state index contributed by atoms with van der Waals surface area (Å²) in [5.74, 6) is -0.636. The van der Waals surface area contributed by atoms with Crippen LogP contribution < -0.4 is 9.26 Å². The highest BCUT2D eigenvalue weighted by molar-refractivity contribution is 14.1. The number of nitrogens with two attached hydrogens (primary N) is 1. The predicted molar refractivity (Wildman–Crippen MR) is 53.0 cm³/mol. The smallest absolute Gasteiger partial charge is 0.260 e. The minimum absolute atomic E-state index is 0.636. The molecular weight excluding hydrogens is 307 g/mol. The molecule has 1 rings (SSSR count). The zero-order valence-electron chi connectivity index (χ0n) is 7.00. The van der Waals surface area contributed by atoms with Gasteiger partial charge in [0.15, 0.2) is 12.4 Å². The van der Waals surface area contributed by atoms with Crippen LogP contribution in [-0.2, 0) is 9.53 Å². The Labute approximate surface area is 93.7 Å². The van der Waals surface area contributed by atoms with Gasteiger partial charge in [-0.15, -0.1) is 0 Å². The summed E-state index contributed by atoms with van der Waals surface area (Å²) in [6, 6.07) is -1.12. The number of ether oxygens (including phenoxy) is 1. The number of carbonyl (C=O) groups is 1. The molecule has 1 fully saturated rings. The van der Waals surface area contributed by atoms with Gasteiger partial charge in [-0.1, -0.05) is 0 Å². The van der Waals surface area contributed by atoms with E-state index in [-0.39, 0.29) is 0 Å². The lowest BCUT2D eigenvalue weighted by Gasteiger charge is -2.37. The summed E-state index contributed by atoms with van der Waals surface area (Å²) in [7, 11) is 0. The Balaban J connectivity index is 2.75. The van der Waals surface area contributed by atoms with Crippen molar-refractivity contribution in [3.8, 4) is 0 Å². The Kier molecular flexibility index (Phi) is 4.04. The van der Waals surface area contributed by atoms with Crippen molar-refractivity contribution in [1.29, 1.82) is 0 Å². The van der Waals surface area contributed by atoms with Crippen LogP contribution in [0.5, 0.6) is 0 Å². The van der Waals surface area contributed by atoms with Crippen molar-refractivity contribution in [1.82, 2.24) is 3.53 Å². The second-order valence-electron chi connectivity index (χ2n) is 2.96. The molecule has 6 N–H and O–H groups in total. The molecule has 0 aromatic carbocycles. The molecule has 1 unspecified atom stereocenters. The van der Waals surface area contributed by atoms with Crippen LogP contribution in [0.15, 0.2) is 0 Å². The Morgan fingerprint density at radius 1 is 1.36 bits per heavy atom. The molecule has 8 heteroatoms. The maximum atomic E-state index is 11.1. The number of nitrogens with one attached hydrogen (secondary N) is 1. The standard InChI is InChI=1S/C6H11IN2O5/c7-9-5(12)4-3(11)2(10)1(8)6(13)14-4/h1-4,6,10-11,13H,8H2,(H,9,12)/t1-,2?,3-,4+,6-/m1/s1. The van der Waals surface area contributed by atoms with E-state index in [1.165, 1.54) is 0 Å². The maximum Gasteiger partial charge on any atom is 0.260 e. The van der Waals surface area contributed by atoms with E-state index in [1.807, 2.05) is 0 Å². The topological polar surface area (TPSA) is 125 Å². The number of hydrogen-bond donors (Lipinski definition) is 5. The van der Waals surface area contributed by atoms with Gasteiger partial charge in [0.2, 0.25) is 0 Å². The number of halogens is 1. The first kappa shape index (κ1) is 12.1. The highest BCUT2D eigenvalue weighted by Crippen LogP contribution is 2.18. The van der Waals surface area contributed by atoms with Crippen molar-refractivity contribution in [2.24, 2.45) is 5.73 Å². The third-order valence-electron chi connectivity index (χ3n) is 2.02. The maximum absolute atomic E-state index is 11.1. The lowest BCUT2D eigenvalue weighted by Crippen LogP contribution is -2.63. The lowest BCUT2D eigenvalue weighted by molar-refractivity contribution is -0.237. The fraction of sp³-hybridized carbons (Fsp3) is 0.833. The average molecular weight is 318 g/mol. The lowest BCUT2D eigenvalue weighted by atomic mass is 9.97. The average Bonchev–Trinajstić information content (AvgIpc) is 2.19. The van der Waals surface area contributed by atoms with E-state index in [0.717, 1.165) is 0 Å². The zero-order chi connectivity index (χ0) is 10.9. The summed E-state index contributed by atoms with van der Waals surface area (Å²) in [6.45, 7) is 0. The van der Waals surface area contributed by atoms with Crippen LogP contribution in [0.1, 0.15) is 0 Å². The van der Waals surface area contributed by atoms with E-state index in [0.29, 0.717) is 0 Å². The van der Waals surface area contributed by atoms with Crippen LogP contribution in [0.25, 0.3) is 0 Å². The number of hydrogen-bond acceptors (Lipinski definition) is 6. The van der Waals surface area contributed by atoms with Crippen LogP contribution in [0.2, 0.25) is 0 Å². The minimum atomic E-state index is -1.47. The van der Waals surface area contributed by atoms with E-state index < -0.39 is 36.6 Å². The van der Waals surface area contributed by atoms with Gasteiger partial charge in [0, 0.05) is 0 Å². The number of aliphatic hydroxyl groups is 3.